The number of hydrogen-bond acceptors (Lipinski definition) is 2. The van der Waals surface area contributed by atoms with Crippen molar-refractivity contribution < 1.29 is 4.39 Å². The molecule has 1 aromatic heterocycles. The maximum Gasteiger partial charge on any atom is 0.125 e. The summed E-state index contributed by atoms with van der Waals surface area (Å²) in [6, 6.07) is 4.93. The number of aryl methyl sites for hydroxylation is 1. The van der Waals surface area contributed by atoms with E-state index in [4.69, 9.17) is 4.98 Å². The van der Waals surface area contributed by atoms with Gasteiger partial charge in [0.05, 0.1) is 11.0 Å². The van der Waals surface area contributed by atoms with Gasteiger partial charge in [-0.15, -0.1) is 0 Å². The van der Waals surface area contributed by atoms with Gasteiger partial charge in [0.2, 0.25) is 0 Å². The third-order valence-corrected chi connectivity index (χ3v) is 4.47. The van der Waals surface area contributed by atoms with E-state index >= 15 is 0 Å². The van der Waals surface area contributed by atoms with Gasteiger partial charge < -0.3 is 9.88 Å². The second-order valence-electron chi connectivity index (χ2n) is 5.77. The number of hydrogen-bond donors (Lipinski definition) is 1. The smallest absolute Gasteiger partial charge is 0.125 e. The minimum atomic E-state index is -0.209. The van der Waals surface area contributed by atoms with Crippen LogP contribution < -0.4 is 5.32 Å². The molecule has 1 atom stereocenters. The Morgan fingerprint density at radius 2 is 2.25 bits per heavy atom. The molecular weight excluding hydrogens is 253 g/mol. The Kier molecular flexibility index (Phi) is 3.50. The monoisotopic (exact) mass is 275 g/mol. The zero-order chi connectivity index (χ0) is 14.2. The van der Waals surface area contributed by atoms with E-state index in [0.29, 0.717) is 0 Å². The Labute approximate surface area is 119 Å². The molecular formula is C16H22FN3. The van der Waals surface area contributed by atoms with Crippen LogP contribution in [0.15, 0.2) is 18.2 Å². The lowest BCUT2D eigenvalue weighted by molar-refractivity contribution is 0.387. The number of imidazole rings is 1. The number of nitrogens with one attached hydrogen (secondary N) is 1. The first-order valence-corrected chi connectivity index (χ1v) is 7.57. The van der Waals surface area contributed by atoms with Gasteiger partial charge in [-0.2, -0.15) is 0 Å². The predicted octanol–water partition coefficient (Wildman–Crippen LogP) is 3.23. The molecule has 1 saturated heterocycles. The maximum atomic E-state index is 13.4. The zero-order valence-electron chi connectivity index (χ0n) is 12.2. The molecule has 1 aliphatic heterocycles. The largest absolute Gasteiger partial charge is 0.328 e. The molecule has 1 unspecified atom stereocenters. The molecule has 3 rings (SSSR count). The van der Waals surface area contributed by atoms with Crippen molar-refractivity contribution in [1.29, 1.82) is 0 Å². The number of fused-ring (bicyclic) bond motifs is 1. The van der Waals surface area contributed by atoms with Crippen molar-refractivity contribution in [2.75, 3.05) is 13.1 Å². The van der Waals surface area contributed by atoms with Gasteiger partial charge in [-0.1, -0.05) is 13.3 Å². The van der Waals surface area contributed by atoms with Crippen LogP contribution in [0.2, 0.25) is 0 Å². The highest BCUT2D eigenvalue weighted by molar-refractivity contribution is 5.76. The molecule has 4 heteroatoms. The molecule has 2 aromatic rings. The number of halogens is 1. The molecule has 1 aromatic carbocycles. The van der Waals surface area contributed by atoms with Crippen LogP contribution in [0.4, 0.5) is 4.39 Å². The normalized spacial score (nSPS) is 22.8. The lowest BCUT2D eigenvalue weighted by atomic mass is 9.81. The summed E-state index contributed by atoms with van der Waals surface area (Å²) in [6.07, 6.45) is 3.39. The lowest BCUT2D eigenvalue weighted by Crippen LogP contribution is -2.32. The van der Waals surface area contributed by atoms with Crippen molar-refractivity contribution in [3.8, 4) is 0 Å². The molecule has 0 amide bonds. The summed E-state index contributed by atoms with van der Waals surface area (Å²) in [6.45, 7) is 7.26. The van der Waals surface area contributed by atoms with Crippen LogP contribution in [-0.2, 0) is 12.0 Å². The Morgan fingerprint density at radius 1 is 1.40 bits per heavy atom. The fourth-order valence-electron chi connectivity index (χ4n) is 3.57. The van der Waals surface area contributed by atoms with E-state index in [1.54, 1.807) is 6.07 Å². The highest BCUT2D eigenvalue weighted by Gasteiger charge is 2.39. The second kappa shape index (κ2) is 5.17. The maximum absolute atomic E-state index is 13.4. The van der Waals surface area contributed by atoms with E-state index in [-0.39, 0.29) is 11.2 Å². The third-order valence-electron chi connectivity index (χ3n) is 4.47. The van der Waals surface area contributed by atoms with Crippen LogP contribution in [0.5, 0.6) is 0 Å². The first-order valence-electron chi connectivity index (χ1n) is 7.57. The van der Waals surface area contributed by atoms with Crippen molar-refractivity contribution in [3.63, 3.8) is 0 Å². The van der Waals surface area contributed by atoms with Gasteiger partial charge in [-0.25, -0.2) is 9.37 Å². The Morgan fingerprint density at radius 3 is 2.90 bits per heavy atom. The van der Waals surface area contributed by atoms with Crippen molar-refractivity contribution in [2.24, 2.45) is 0 Å². The van der Waals surface area contributed by atoms with Crippen LogP contribution >= 0.6 is 0 Å². The summed E-state index contributed by atoms with van der Waals surface area (Å²) in [5, 5.41) is 3.48. The Bertz CT molecular complexity index is 611. The van der Waals surface area contributed by atoms with Crippen LogP contribution in [0.25, 0.3) is 11.0 Å². The quantitative estimate of drug-likeness (QED) is 0.928. The molecule has 0 radical (unpaired) electrons. The van der Waals surface area contributed by atoms with Crippen molar-refractivity contribution in [2.45, 2.75) is 45.1 Å². The fourth-order valence-corrected chi connectivity index (χ4v) is 3.57. The summed E-state index contributed by atoms with van der Waals surface area (Å²) >= 11 is 0. The molecule has 0 spiro atoms. The fraction of sp³-hybridized carbons (Fsp3) is 0.562. The molecule has 1 fully saturated rings. The van der Waals surface area contributed by atoms with Gasteiger partial charge in [0.25, 0.3) is 0 Å². The topological polar surface area (TPSA) is 29.9 Å². The SMILES string of the molecule is CCCC1(c2nc3cc(F)ccc3n2CC)CCNC1. The van der Waals surface area contributed by atoms with Crippen LogP contribution in [0, 0.1) is 5.82 Å². The molecule has 0 saturated carbocycles. The molecule has 0 bridgehead atoms. The van der Waals surface area contributed by atoms with E-state index in [0.717, 1.165) is 55.8 Å². The summed E-state index contributed by atoms with van der Waals surface area (Å²) in [5.74, 6) is 0.923. The van der Waals surface area contributed by atoms with Gasteiger partial charge in [0.15, 0.2) is 0 Å². The first-order chi connectivity index (χ1) is 9.70. The number of rotatable bonds is 4. The van der Waals surface area contributed by atoms with E-state index in [9.17, 15) is 4.39 Å². The minimum absolute atomic E-state index is 0.111. The molecule has 1 N–H and O–H groups in total. The van der Waals surface area contributed by atoms with E-state index in [1.165, 1.54) is 6.07 Å². The number of nitrogens with zero attached hydrogens (tertiary/aromatic N) is 2. The van der Waals surface area contributed by atoms with Gasteiger partial charge >= 0.3 is 0 Å². The standard InChI is InChI=1S/C16H22FN3/c1-3-7-16(8-9-18-11-16)15-19-13-10-12(17)5-6-14(13)20(15)4-2/h5-6,10,18H,3-4,7-9,11H2,1-2H3. The van der Waals surface area contributed by atoms with Gasteiger partial charge in [-0.3, -0.25) is 0 Å². The van der Waals surface area contributed by atoms with E-state index in [2.05, 4.69) is 23.7 Å². The Hall–Kier alpha value is -1.42. The van der Waals surface area contributed by atoms with Crippen LogP contribution in [0.1, 0.15) is 38.9 Å². The van der Waals surface area contributed by atoms with Crippen LogP contribution in [0.3, 0.4) is 0 Å². The number of aromatic nitrogens is 2. The first kappa shape index (κ1) is 13.6. The molecule has 0 aliphatic carbocycles. The number of benzene rings is 1. The van der Waals surface area contributed by atoms with Gasteiger partial charge in [0, 0.05) is 24.6 Å². The van der Waals surface area contributed by atoms with Crippen LogP contribution in [-0.4, -0.2) is 22.6 Å². The average molecular weight is 275 g/mol. The molecule has 3 nitrogen and oxygen atoms in total. The van der Waals surface area contributed by atoms with Gasteiger partial charge in [-0.05, 0) is 38.4 Å². The average Bonchev–Trinajstić information content (AvgIpc) is 3.03. The van der Waals surface area contributed by atoms with Crippen molar-refractivity contribution >= 4 is 11.0 Å². The summed E-state index contributed by atoms with van der Waals surface area (Å²) in [4.78, 5) is 4.80. The zero-order valence-corrected chi connectivity index (χ0v) is 12.2. The van der Waals surface area contributed by atoms with E-state index < -0.39 is 0 Å². The molecule has 2 heterocycles. The third kappa shape index (κ3) is 2.03. The molecule has 108 valence electrons. The van der Waals surface area contributed by atoms with Crippen molar-refractivity contribution in [1.82, 2.24) is 14.9 Å². The summed E-state index contributed by atoms with van der Waals surface area (Å²) in [5.41, 5.74) is 1.94. The predicted molar refractivity (Wildman–Crippen MR) is 79.4 cm³/mol. The summed E-state index contributed by atoms with van der Waals surface area (Å²) < 4.78 is 15.7. The highest BCUT2D eigenvalue weighted by atomic mass is 19.1. The summed E-state index contributed by atoms with van der Waals surface area (Å²) in [7, 11) is 0. The molecule has 20 heavy (non-hydrogen) atoms. The lowest BCUT2D eigenvalue weighted by Gasteiger charge is -2.28. The minimum Gasteiger partial charge on any atom is -0.328 e. The van der Waals surface area contributed by atoms with Crippen molar-refractivity contribution in [3.05, 3.63) is 29.8 Å². The molecule has 1 aliphatic rings. The highest BCUT2D eigenvalue weighted by Crippen LogP contribution is 2.36. The Balaban J connectivity index is 2.18. The van der Waals surface area contributed by atoms with E-state index in [1.807, 2.05) is 6.07 Å². The second-order valence-corrected chi connectivity index (χ2v) is 5.77. The van der Waals surface area contributed by atoms with Gasteiger partial charge in [0.1, 0.15) is 11.6 Å².